The van der Waals surface area contributed by atoms with Crippen LogP contribution < -0.4 is 0 Å². The Bertz CT molecular complexity index is 494. The van der Waals surface area contributed by atoms with Crippen LogP contribution in [0, 0.1) is 6.42 Å². The molecular weight excluding hydrogens is 244 g/mol. The summed E-state index contributed by atoms with van der Waals surface area (Å²) in [7, 11) is 0. The molecule has 1 radical (unpaired) electrons. The van der Waals surface area contributed by atoms with Gasteiger partial charge in [-0.2, -0.15) is 0 Å². The third kappa shape index (κ3) is 3.08. The largest absolute Gasteiger partial charge is 0.502 e. The predicted octanol–water partition coefficient (Wildman–Crippen LogP) is 5.14. The molecule has 1 aromatic carbocycles. The highest BCUT2D eigenvalue weighted by Crippen LogP contribution is 2.45. The van der Waals surface area contributed by atoms with E-state index >= 15 is 0 Å². The molecule has 0 fully saturated rings. The number of allylic oxidation sites excluding steroid dienone is 1. The van der Waals surface area contributed by atoms with Crippen LogP contribution in [-0.4, -0.2) is 6.61 Å². The number of hydrogen-bond donors (Lipinski definition) is 0. The molecule has 0 aromatic heterocycles. The summed E-state index contributed by atoms with van der Waals surface area (Å²) < 4.78 is 5.23. The minimum atomic E-state index is 0.276. The molecule has 20 heavy (non-hydrogen) atoms. The van der Waals surface area contributed by atoms with Gasteiger partial charge in [-0.05, 0) is 53.4 Å². The van der Waals surface area contributed by atoms with Gasteiger partial charge in [-0.3, -0.25) is 0 Å². The zero-order valence-electron chi connectivity index (χ0n) is 13.5. The molecule has 0 saturated heterocycles. The average Bonchev–Trinajstić information content (AvgIpc) is 2.40. The quantitative estimate of drug-likeness (QED) is 0.689. The average molecular weight is 271 g/mol. The van der Waals surface area contributed by atoms with Crippen LogP contribution in [0.2, 0.25) is 0 Å². The molecule has 0 unspecified atom stereocenters. The summed E-state index contributed by atoms with van der Waals surface area (Å²) in [6.45, 7) is 12.2. The molecule has 0 amide bonds. The normalized spacial score (nSPS) is 19.9. The monoisotopic (exact) mass is 271 g/mol. The highest BCUT2D eigenvalue weighted by Gasteiger charge is 2.36. The van der Waals surface area contributed by atoms with Crippen molar-refractivity contribution in [2.45, 2.75) is 58.3 Å². The second-order valence-corrected chi connectivity index (χ2v) is 7.02. The van der Waals surface area contributed by atoms with Crippen molar-refractivity contribution in [2.75, 3.05) is 6.61 Å². The van der Waals surface area contributed by atoms with E-state index in [0.29, 0.717) is 5.41 Å². The van der Waals surface area contributed by atoms with Crippen LogP contribution in [0.1, 0.15) is 64.2 Å². The van der Waals surface area contributed by atoms with Crippen LogP contribution in [-0.2, 0) is 15.6 Å². The zero-order chi connectivity index (χ0) is 14.8. The summed E-state index contributed by atoms with van der Waals surface area (Å²) in [5.41, 5.74) is 4.85. The molecule has 1 aliphatic carbocycles. The van der Waals surface area contributed by atoms with E-state index < -0.39 is 0 Å². The number of benzene rings is 1. The first kappa shape index (κ1) is 15.2. The van der Waals surface area contributed by atoms with Crippen molar-refractivity contribution in [3.8, 4) is 0 Å². The van der Waals surface area contributed by atoms with E-state index in [9.17, 15) is 0 Å². The van der Waals surface area contributed by atoms with Crippen LogP contribution in [0.3, 0.4) is 0 Å². The Morgan fingerprint density at radius 1 is 1.05 bits per heavy atom. The van der Waals surface area contributed by atoms with Gasteiger partial charge >= 0.3 is 0 Å². The molecular formula is C19H27O. The minimum Gasteiger partial charge on any atom is -0.502 e. The van der Waals surface area contributed by atoms with E-state index in [1.54, 1.807) is 6.26 Å². The van der Waals surface area contributed by atoms with Crippen molar-refractivity contribution in [1.82, 2.24) is 0 Å². The molecule has 2 rings (SSSR count). The van der Waals surface area contributed by atoms with Gasteiger partial charge in [0.05, 0.1) is 12.9 Å². The molecule has 109 valence electrons. The number of hydrogen-bond acceptors (Lipinski definition) is 1. The second-order valence-electron chi connectivity index (χ2n) is 7.02. The first-order valence-electron chi connectivity index (χ1n) is 7.63. The Hall–Kier alpha value is -1.24. The third-order valence-corrected chi connectivity index (χ3v) is 4.51. The SMILES string of the molecule is CCOC=C[CH]c1ccc2c(c1)C(C)(C)CCC2(C)C. The smallest absolute Gasteiger partial charge is 0.0845 e. The molecule has 0 atom stereocenters. The molecule has 1 heteroatoms. The van der Waals surface area contributed by atoms with Crippen LogP contribution in [0.15, 0.2) is 30.5 Å². The second kappa shape index (κ2) is 5.63. The summed E-state index contributed by atoms with van der Waals surface area (Å²) in [5, 5.41) is 0. The summed E-state index contributed by atoms with van der Waals surface area (Å²) in [5.74, 6) is 0. The zero-order valence-corrected chi connectivity index (χ0v) is 13.5. The van der Waals surface area contributed by atoms with Gasteiger partial charge in [0.15, 0.2) is 0 Å². The fraction of sp³-hybridized carbons (Fsp3) is 0.526. The van der Waals surface area contributed by atoms with Gasteiger partial charge in [0.25, 0.3) is 0 Å². The maximum Gasteiger partial charge on any atom is 0.0845 e. The molecule has 1 nitrogen and oxygen atoms in total. The molecule has 0 heterocycles. The Kier molecular flexibility index (Phi) is 4.27. The van der Waals surface area contributed by atoms with Gasteiger partial charge < -0.3 is 4.74 Å². The Morgan fingerprint density at radius 2 is 1.70 bits per heavy atom. The van der Waals surface area contributed by atoms with Crippen molar-refractivity contribution in [3.05, 3.63) is 53.6 Å². The van der Waals surface area contributed by atoms with Crippen LogP contribution in [0.5, 0.6) is 0 Å². The van der Waals surface area contributed by atoms with Gasteiger partial charge in [0.1, 0.15) is 0 Å². The lowest BCUT2D eigenvalue weighted by molar-refractivity contribution is 0.269. The van der Waals surface area contributed by atoms with Crippen molar-refractivity contribution < 1.29 is 4.74 Å². The lowest BCUT2D eigenvalue weighted by Gasteiger charge is -2.42. The predicted molar refractivity (Wildman–Crippen MR) is 85.9 cm³/mol. The number of fused-ring (bicyclic) bond motifs is 1. The minimum absolute atomic E-state index is 0.276. The van der Waals surface area contributed by atoms with E-state index in [2.05, 4.69) is 52.3 Å². The fourth-order valence-electron chi connectivity index (χ4n) is 3.01. The van der Waals surface area contributed by atoms with Crippen LogP contribution >= 0.6 is 0 Å². The Morgan fingerprint density at radius 3 is 2.35 bits per heavy atom. The van der Waals surface area contributed by atoms with E-state index in [4.69, 9.17) is 4.74 Å². The topological polar surface area (TPSA) is 9.23 Å². The molecule has 1 aromatic rings. The molecule has 0 aliphatic heterocycles. The third-order valence-electron chi connectivity index (χ3n) is 4.51. The van der Waals surface area contributed by atoms with Crippen molar-refractivity contribution >= 4 is 0 Å². The van der Waals surface area contributed by atoms with Crippen molar-refractivity contribution in [3.63, 3.8) is 0 Å². The maximum atomic E-state index is 5.23. The standard InChI is InChI=1S/C19H27O/c1-6-20-13-7-8-15-9-10-16-17(14-15)19(4,5)12-11-18(16,2)3/h7-10,13-14H,6,11-12H2,1-5H3. The molecule has 0 spiro atoms. The molecule has 0 bridgehead atoms. The van der Waals surface area contributed by atoms with Gasteiger partial charge in [-0.1, -0.05) is 45.9 Å². The maximum absolute atomic E-state index is 5.23. The molecule has 0 N–H and O–H groups in total. The van der Waals surface area contributed by atoms with E-state index in [1.165, 1.54) is 29.5 Å². The summed E-state index contributed by atoms with van der Waals surface area (Å²) in [6.07, 6.45) is 8.37. The van der Waals surface area contributed by atoms with E-state index in [1.807, 2.05) is 13.0 Å². The molecule has 0 saturated carbocycles. The van der Waals surface area contributed by atoms with Gasteiger partial charge in [0.2, 0.25) is 0 Å². The number of rotatable bonds is 4. The van der Waals surface area contributed by atoms with Gasteiger partial charge in [0, 0.05) is 6.42 Å². The lowest BCUT2D eigenvalue weighted by Crippen LogP contribution is -2.33. The van der Waals surface area contributed by atoms with Crippen molar-refractivity contribution in [1.29, 1.82) is 0 Å². The molecule has 1 aliphatic rings. The van der Waals surface area contributed by atoms with E-state index in [0.717, 1.165) is 6.61 Å². The number of ether oxygens (including phenoxy) is 1. The fourth-order valence-corrected chi connectivity index (χ4v) is 3.01. The van der Waals surface area contributed by atoms with Gasteiger partial charge in [-0.25, -0.2) is 0 Å². The highest BCUT2D eigenvalue weighted by molar-refractivity contribution is 5.46. The van der Waals surface area contributed by atoms with Crippen LogP contribution in [0.4, 0.5) is 0 Å². The summed E-state index contributed by atoms with van der Waals surface area (Å²) in [4.78, 5) is 0. The highest BCUT2D eigenvalue weighted by atomic mass is 16.5. The summed E-state index contributed by atoms with van der Waals surface area (Å²) in [6, 6.07) is 6.89. The first-order valence-corrected chi connectivity index (χ1v) is 7.63. The van der Waals surface area contributed by atoms with Gasteiger partial charge in [-0.15, -0.1) is 0 Å². The Labute approximate surface area is 124 Å². The summed E-state index contributed by atoms with van der Waals surface area (Å²) >= 11 is 0. The lowest BCUT2D eigenvalue weighted by atomic mass is 9.63. The van der Waals surface area contributed by atoms with Crippen LogP contribution in [0.25, 0.3) is 0 Å². The van der Waals surface area contributed by atoms with Crippen molar-refractivity contribution in [2.24, 2.45) is 0 Å². The first-order chi connectivity index (χ1) is 9.37. The Balaban J connectivity index is 2.29. The van der Waals surface area contributed by atoms with E-state index in [-0.39, 0.29) is 5.41 Å².